The highest BCUT2D eigenvalue weighted by molar-refractivity contribution is 7.99. The number of ether oxygens (including phenoxy) is 1. The number of benzene rings is 2. The van der Waals surface area contributed by atoms with E-state index in [-0.39, 0.29) is 0 Å². The highest BCUT2D eigenvalue weighted by Gasteiger charge is 2.24. The van der Waals surface area contributed by atoms with Crippen LogP contribution in [0, 0.1) is 0 Å². The fraction of sp³-hybridized carbons (Fsp3) is 0.286. The van der Waals surface area contributed by atoms with E-state index in [1.807, 2.05) is 11.8 Å². The van der Waals surface area contributed by atoms with E-state index >= 15 is 0 Å². The molecule has 1 fully saturated rings. The lowest BCUT2D eigenvalue weighted by Gasteiger charge is -2.38. The van der Waals surface area contributed by atoms with Crippen molar-refractivity contribution in [3.63, 3.8) is 0 Å². The quantitative estimate of drug-likeness (QED) is 0.242. The number of piperazine rings is 1. The van der Waals surface area contributed by atoms with Gasteiger partial charge in [-0.25, -0.2) is 19.2 Å². The second kappa shape index (κ2) is 19.0. The van der Waals surface area contributed by atoms with E-state index in [0.717, 1.165) is 37.7 Å². The zero-order valence-corrected chi connectivity index (χ0v) is 23.1. The minimum absolute atomic E-state index is 0.440. The van der Waals surface area contributed by atoms with Gasteiger partial charge in [-0.15, -0.1) is 11.8 Å². The Kier molecular flexibility index (Phi) is 16.1. The zero-order chi connectivity index (χ0) is 29.9. The van der Waals surface area contributed by atoms with Crippen LogP contribution < -0.4 is 4.74 Å². The van der Waals surface area contributed by atoms with Gasteiger partial charge >= 0.3 is 23.9 Å². The average molecular weight is 575 g/mol. The fourth-order valence-corrected chi connectivity index (χ4v) is 4.45. The summed E-state index contributed by atoms with van der Waals surface area (Å²) in [6.07, 6.45) is 2.23. The molecule has 3 rings (SSSR count). The number of methoxy groups -OCH3 is 1. The van der Waals surface area contributed by atoms with Crippen LogP contribution >= 0.6 is 11.8 Å². The van der Waals surface area contributed by atoms with Crippen molar-refractivity contribution in [1.29, 1.82) is 0 Å². The summed E-state index contributed by atoms with van der Waals surface area (Å²) >= 11 is 1.94. The predicted octanol–water partition coefficient (Wildman–Crippen LogP) is 3.20. The van der Waals surface area contributed by atoms with E-state index < -0.39 is 23.9 Å². The van der Waals surface area contributed by atoms with Gasteiger partial charge < -0.3 is 30.1 Å². The summed E-state index contributed by atoms with van der Waals surface area (Å²) in [5.74, 6) is -3.04. The van der Waals surface area contributed by atoms with Crippen molar-refractivity contribution in [3.8, 4) is 5.75 Å². The number of aliphatic carboxylic acids is 4. The Morgan fingerprint density at radius 3 is 1.62 bits per heavy atom. The maximum atomic E-state index is 9.55. The third-order valence-corrected chi connectivity index (χ3v) is 6.46. The number of likely N-dealkylation sites (N-methyl/N-ethyl adjacent to an activating group) is 1. The van der Waals surface area contributed by atoms with Crippen molar-refractivity contribution in [3.05, 3.63) is 84.5 Å². The van der Waals surface area contributed by atoms with Crippen molar-refractivity contribution in [2.24, 2.45) is 0 Å². The lowest BCUT2D eigenvalue weighted by molar-refractivity contribution is -0.134. The Labute approximate surface area is 237 Å². The molecular formula is C28H34N2O9S. The van der Waals surface area contributed by atoms with Crippen molar-refractivity contribution in [2.75, 3.05) is 46.1 Å². The van der Waals surface area contributed by atoms with Gasteiger partial charge in [0.15, 0.2) is 0 Å². The van der Waals surface area contributed by atoms with E-state index in [2.05, 4.69) is 71.4 Å². The van der Waals surface area contributed by atoms with E-state index in [9.17, 15) is 19.2 Å². The molecule has 0 saturated carbocycles. The third kappa shape index (κ3) is 15.3. The molecule has 0 amide bonds. The Bertz CT molecular complexity index is 1060. The smallest absolute Gasteiger partial charge is 0.328 e. The van der Waals surface area contributed by atoms with Crippen LogP contribution in [0.5, 0.6) is 5.75 Å². The second-order valence-electron chi connectivity index (χ2n) is 8.27. The van der Waals surface area contributed by atoms with Crippen molar-refractivity contribution in [1.82, 2.24) is 9.80 Å². The summed E-state index contributed by atoms with van der Waals surface area (Å²) in [5.41, 5.74) is 1.38. The highest BCUT2D eigenvalue weighted by atomic mass is 32.2. The van der Waals surface area contributed by atoms with E-state index in [4.69, 9.17) is 25.2 Å². The molecule has 11 nitrogen and oxygen atoms in total. The normalized spacial score (nSPS) is 14.3. The standard InChI is InChI=1S/C20H26N2OS.2C4H4O4/c1-21-12-14-22(15-13-21)20(16-24-19-6-4-3-5-7-19)17-8-10-18(23-2)11-9-17;2*5-3(6)1-2-4(7)8/h3-11,20H,12-16H2,1-2H3;2*1-2H,(H,5,6)(H,7,8)/b;2*2-1+. The maximum Gasteiger partial charge on any atom is 0.328 e. The maximum absolute atomic E-state index is 9.55. The zero-order valence-electron chi connectivity index (χ0n) is 22.3. The summed E-state index contributed by atoms with van der Waals surface area (Å²) in [6.45, 7) is 4.54. The van der Waals surface area contributed by atoms with Crippen molar-refractivity contribution >= 4 is 35.6 Å². The van der Waals surface area contributed by atoms with Crippen LogP contribution in [0.1, 0.15) is 11.6 Å². The molecule has 0 aliphatic carbocycles. The molecule has 1 saturated heterocycles. The van der Waals surface area contributed by atoms with Gasteiger partial charge in [-0.05, 0) is 36.9 Å². The molecule has 1 unspecified atom stereocenters. The fourth-order valence-electron chi connectivity index (χ4n) is 3.35. The summed E-state index contributed by atoms with van der Waals surface area (Å²) in [6, 6.07) is 19.7. The minimum atomic E-state index is -1.26. The topological polar surface area (TPSA) is 165 Å². The third-order valence-electron chi connectivity index (χ3n) is 5.37. The van der Waals surface area contributed by atoms with Crippen LogP contribution in [0.2, 0.25) is 0 Å². The summed E-state index contributed by atoms with van der Waals surface area (Å²) in [4.78, 5) is 44.6. The number of carbonyl (C=O) groups is 4. The molecule has 2 aromatic carbocycles. The van der Waals surface area contributed by atoms with Gasteiger partial charge in [0, 0.05) is 67.2 Å². The van der Waals surface area contributed by atoms with E-state index in [1.165, 1.54) is 10.5 Å². The Morgan fingerprint density at radius 1 is 0.775 bits per heavy atom. The monoisotopic (exact) mass is 574 g/mol. The minimum Gasteiger partial charge on any atom is -0.497 e. The highest BCUT2D eigenvalue weighted by Crippen LogP contribution is 2.30. The number of carboxylic acid groups (broad SMARTS) is 4. The molecule has 1 aliphatic rings. The average Bonchev–Trinajstić information content (AvgIpc) is 2.93. The molecule has 0 aromatic heterocycles. The van der Waals surface area contributed by atoms with Gasteiger partial charge in [-0.1, -0.05) is 30.3 Å². The van der Waals surface area contributed by atoms with E-state index in [1.54, 1.807) is 7.11 Å². The molecule has 4 N–H and O–H groups in total. The van der Waals surface area contributed by atoms with Gasteiger partial charge in [0.25, 0.3) is 0 Å². The second-order valence-corrected chi connectivity index (χ2v) is 9.37. The van der Waals surface area contributed by atoms with Crippen molar-refractivity contribution in [2.45, 2.75) is 10.9 Å². The number of carboxylic acids is 4. The molecule has 1 atom stereocenters. The molecule has 0 spiro atoms. The molecule has 2 aromatic rings. The first kappa shape index (κ1) is 33.9. The first-order valence-electron chi connectivity index (χ1n) is 12.0. The van der Waals surface area contributed by atoms with Crippen LogP contribution in [-0.4, -0.2) is 100 Å². The Balaban J connectivity index is 0.000000412. The van der Waals surface area contributed by atoms with Gasteiger partial charge in [-0.2, -0.15) is 0 Å². The molecule has 1 heterocycles. The lowest BCUT2D eigenvalue weighted by Crippen LogP contribution is -2.46. The van der Waals surface area contributed by atoms with Crippen LogP contribution in [0.25, 0.3) is 0 Å². The first-order valence-corrected chi connectivity index (χ1v) is 13.0. The number of rotatable bonds is 10. The molecular weight excluding hydrogens is 540 g/mol. The molecule has 1 aliphatic heterocycles. The van der Waals surface area contributed by atoms with Gasteiger partial charge in [0.05, 0.1) is 7.11 Å². The van der Waals surface area contributed by atoms with Crippen LogP contribution in [0.3, 0.4) is 0 Å². The van der Waals surface area contributed by atoms with Gasteiger partial charge in [0.2, 0.25) is 0 Å². The van der Waals surface area contributed by atoms with Gasteiger partial charge in [-0.3, -0.25) is 4.90 Å². The largest absolute Gasteiger partial charge is 0.497 e. The first-order chi connectivity index (χ1) is 19.0. The predicted molar refractivity (Wildman–Crippen MR) is 151 cm³/mol. The van der Waals surface area contributed by atoms with Crippen LogP contribution in [-0.2, 0) is 19.2 Å². The molecule has 12 heteroatoms. The number of hydrogen-bond donors (Lipinski definition) is 4. The van der Waals surface area contributed by atoms with E-state index in [0.29, 0.717) is 30.3 Å². The number of thioether (sulfide) groups is 1. The molecule has 216 valence electrons. The number of hydrogen-bond acceptors (Lipinski definition) is 8. The molecule has 0 radical (unpaired) electrons. The SMILES string of the molecule is COc1ccc(C(CSc2ccccc2)N2CCN(C)CC2)cc1.O=C(O)/C=C/C(=O)O.O=C(O)/C=C/C(=O)O. The lowest BCUT2D eigenvalue weighted by atomic mass is 10.1. The van der Waals surface area contributed by atoms with Crippen molar-refractivity contribution < 1.29 is 44.3 Å². The summed E-state index contributed by atoms with van der Waals surface area (Å²) in [5, 5.41) is 31.2. The van der Waals surface area contributed by atoms with Crippen LogP contribution in [0.15, 0.2) is 83.8 Å². The Morgan fingerprint density at radius 2 is 1.23 bits per heavy atom. The van der Waals surface area contributed by atoms with Crippen LogP contribution in [0.4, 0.5) is 0 Å². The summed E-state index contributed by atoms with van der Waals surface area (Å²) in [7, 11) is 3.93. The number of nitrogens with zero attached hydrogens (tertiary/aromatic N) is 2. The Hall–Kier alpha value is -4.13. The molecule has 40 heavy (non-hydrogen) atoms. The van der Waals surface area contributed by atoms with Gasteiger partial charge in [0.1, 0.15) is 5.75 Å². The summed E-state index contributed by atoms with van der Waals surface area (Å²) < 4.78 is 5.31. The molecule has 0 bridgehead atoms.